The largest absolute Gasteiger partial charge is 1.00 e. The molecule has 0 spiro atoms. The summed E-state index contributed by atoms with van der Waals surface area (Å²) >= 11 is 0. The minimum Gasteiger partial charge on any atom is -1.00 e. The molecule has 90 valence electrons. The van der Waals surface area contributed by atoms with Gasteiger partial charge < -0.3 is 13.1 Å². The molecule has 0 unspecified atom stereocenters. The minimum absolute atomic E-state index is 0. The monoisotopic (exact) mass is 254 g/mol. The molecule has 0 heterocycles. The molecule has 0 saturated carbocycles. The van der Waals surface area contributed by atoms with E-state index in [1.165, 1.54) is 12.1 Å². The van der Waals surface area contributed by atoms with Crippen LogP contribution in [0.2, 0.25) is 0 Å². The summed E-state index contributed by atoms with van der Waals surface area (Å²) in [5, 5.41) is 18.4. The van der Waals surface area contributed by atoms with Crippen LogP contribution in [-0.2, 0) is 15.0 Å². The van der Waals surface area contributed by atoms with Gasteiger partial charge in [-0.15, -0.1) is 0 Å². The molecule has 0 radical (unpaired) electrons. The number of aliphatic carboxylic acids is 2. The van der Waals surface area contributed by atoms with Crippen molar-refractivity contribution in [2.24, 2.45) is 0 Å². The normalized spacial score (nSPS) is 9.83. The first-order chi connectivity index (χ1) is 7.55. The SMILES string of the molecule is CCCC(C(=O)O)(C(=O)O)c1ccccc1.[H-].[H-].[Li+].[Na+]. The summed E-state index contributed by atoms with van der Waals surface area (Å²) in [6.07, 6.45) is 0.579. The summed E-state index contributed by atoms with van der Waals surface area (Å²) in [5.41, 5.74) is -1.51. The van der Waals surface area contributed by atoms with Crippen LogP contribution in [0.5, 0.6) is 0 Å². The summed E-state index contributed by atoms with van der Waals surface area (Å²) < 4.78 is 0. The van der Waals surface area contributed by atoms with E-state index < -0.39 is 17.4 Å². The Morgan fingerprint density at radius 3 is 1.94 bits per heavy atom. The van der Waals surface area contributed by atoms with E-state index >= 15 is 0 Å². The van der Waals surface area contributed by atoms with Crippen molar-refractivity contribution in [2.75, 3.05) is 0 Å². The molecular weight excluding hydrogens is 238 g/mol. The predicted octanol–water partition coefficient (Wildman–Crippen LogP) is -3.87. The van der Waals surface area contributed by atoms with Crippen molar-refractivity contribution in [3.8, 4) is 0 Å². The van der Waals surface area contributed by atoms with Crippen LogP contribution in [0.3, 0.4) is 0 Å². The van der Waals surface area contributed by atoms with Crippen molar-refractivity contribution in [3.63, 3.8) is 0 Å². The maximum absolute atomic E-state index is 11.3. The van der Waals surface area contributed by atoms with Crippen LogP contribution in [0.1, 0.15) is 28.2 Å². The first-order valence-corrected chi connectivity index (χ1v) is 5.08. The third-order valence-electron chi connectivity index (χ3n) is 2.62. The topological polar surface area (TPSA) is 74.6 Å². The van der Waals surface area contributed by atoms with Gasteiger partial charge in [-0.25, -0.2) is 0 Å². The van der Waals surface area contributed by atoms with E-state index in [-0.39, 0.29) is 57.7 Å². The molecule has 1 aromatic rings. The van der Waals surface area contributed by atoms with Gasteiger partial charge in [0.05, 0.1) is 0 Å². The Morgan fingerprint density at radius 2 is 1.61 bits per heavy atom. The molecule has 0 atom stereocenters. The van der Waals surface area contributed by atoms with Crippen LogP contribution < -0.4 is 48.4 Å². The molecule has 1 rings (SSSR count). The third-order valence-corrected chi connectivity index (χ3v) is 2.62. The van der Waals surface area contributed by atoms with Crippen molar-refractivity contribution >= 4 is 11.9 Å². The molecule has 2 N–H and O–H groups in total. The first-order valence-electron chi connectivity index (χ1n) is 5.08. The van der Waals surface area contributed by atoms with E-state index in [0.29, 0.717) is 12.0 Å². The average Bonchev–Trinajstić information content (AvgIpc) is 2.26. The zero-order valence-electron chi connectivity index (χ0n) is 13.0. The quantitative estimate of drug-likeness (QED) is 0.416. The Labute approximate surface area is 143 Å². The van der Waals surface area contributed by atoms with Crippen LogP contribution >= 0.6 is 0 Å². The fourth-order valence-electron chi connectivity index (χ4n) is 1.79. The molecule has 18 heavy (non-hydrogen) atoms. The van der Waals surface area contributed by atoms with Gasteiger partial charge in [0.2, 0.25) is 0 Å². The molecule has 0 amide bonds. The molecule has 0 saturated heterocycles. The summed E-state index contributed by atoms with van der Waals surface area (Å²) in [6, 6.07) is 8.09. The summed E-state index contributed by atoms with van der Waals surface area (Å²) in [4.78, 5) is 22.5. The molecule has 0 aromatic heterocycles. The molecule has 1 aromatic carbocycles. The van der Waals surface area contributed by atoms with Crippen LogP contribution in [-0.4, -0.2) is 22.2 Å². The van der Waals surface area contributed by atoms with Gasteiger partial charge in [-0.05, 0) is 12.0 Å². The second-order valence-corrected chi connectivity index (χ2v) is 3.63. The van der Waals surface area contributed by atoms with Crippen LogP contribution in [0.4, 0.5) is 0 Å². The molecule has 0 bridgehead atoms. The Balaban J connectivity index is -0.000000320. The van der Waals surface area contributed by atoms with Gasteiger partial charge in [-0.2, -0.15) is 0 Å². The molecule has 6 heteroatoms. The molecule has 0 aliphatic rings. The van der Waals surface area contributed by atoms with E-state index in [1.807, 2.05) is 0 Å². The van der Waals surface area contributed by atoms with Gasteiger partial charge in [-0.3, -0.25) is 9.59 Å². The smallest absolute Gasteiger partial charge is 1.00 e. The van der Waals surface area contributed by atoms with Crippen molar-refractivity contribution in [2.45, 2.75) is 25.2 Å². The van der Waals surface area contributed by atoms with Crippen molar-refractivity contribution in [1.82, 2.24) is 0 Å². The number of benzene rings is 1. The molecule has 4 nitrogen and oxygen atoms in total. The summed E-state index contributed by atoms with van der Waals surface area (Å²) in [5.74, 6) is -2.62. The number of rotatable bonds is 5. The molecule has 0 fully saturated rings. The first kappa shape index (κ1) is 20.1. The van der Waals surface area contributed by atoms with Gasteiger partial charge in [0.15, 0.2) is 5.41 Å². The van der Waals surface area contributed by atoms with E-state index in [0.717, 1.165) is 0 Å². The van der Waals surface area contributed by atoms with Crippen LogP contribution in [0.25, 0.3) is 0 Å². The predicted molar refractivity (Wildman–Crippen MR) is 60.5 cm³/mol. The molecule has 0 aliphatic heterocycles. The number of carbonyl (C=O) groups is 2. The Kier molecular flexibility index (Phi) is 9.81. The molecular formula is C12H16LiNaO4. The average molecular weight is 254 g/mol. The van der Waals surface area contributed by atoms with Gasteiger partial charge in [0.25, 0.3) is 0 Å². The van der Waals surface area contributed by atoms with E-state index in [1.54, 1.807) is 25.1 Å². The fraction of sp³-hybridized carbons (Fsp3) is 0.333. The molecule has 0 aliphatic carbocycles. The number of hydrogen-bond acceptors (Lipinski definition) is 2. The Morgan fingerprint density at radius 1 is 1.17 bits per heavy atom. The van der Waals surface area contributed by atoms with Gasteiger partial charge in [-0.1, -0.05) is 43.7 Å². The number of carboxylic acid groups (broad SMARTS) is 2. The van der Waals surface area contributed by atoms with Gasteiger partial charge in [0, 0.05) is 0 Å². The third kappa shape index (κ3) is 3.88. The maximum atomic E-state index is 11.3. The van der Waals surface area contributed by atoms with Crippen molar-refractivity contribution in [1.29, 1.82) is 0 Å². The van der Waals surface area contributed by atoms with Crippen LogP contribution in [0.15, 0.2) is 30.3 Å². The van der Waals surface area contributed by atoms with Crippen molar-refractivity contribution < 1.29 is 71.1 Å². The van der Waals surface area contributed by atoms with E-state index in [9.17, 15) is 19.8 Å². The van der Waals surface area contributed by atoms with Crippen molar-refractivity contribution in [3.05, 3.63) is 35.9 Å². The second-order valence-electron chi connectivity index (χ2n) is 3.63. The summed E-state index contributed by atoms with van der Waals surface area (Å²) in [7, 11) is 0. The second kappa shape index (κ2) is 8.79. The number of hydrogen-bond donors (Lipinski definition) is 2. The van der Waals surface area contributed by atoms with E-state index in [4.69, 9.17) is 0 Å². The number of carboxylic acids is 2. The van der Waals surface area contributed by atoms with Gasteiger partial charge in [0.1, 0.15) is 0 Å². The summed E-state index contributed by atoms with van der Waals surface area (Å²) in [6.45, 7) is 1.77. The fourth-order valence-corrected chi connectivity index (χ4v) is 1.79. The van der Waals surface area contributed by atoms with E-state index in [2.05, 4.69) is 0 Å². The maximum Gasteiger partial charge on any atom is 1.00 e. The van der Waals surface area contributed by atoms with Crippen LogP contribution in [0, 0.1) is 0 Å². The Bertz CT molecular complexity index is 390. The van der Waals surface area contributed by atoms with Gasteiger partial charge >= 0.3 is 60.4 Å². The zero-order valence-corrected chi connectivity index (χ0v) is 13.0. The standard InChI is InChI=1S/C12H14O4.Li.Na.2H/c1-2-8-12(10(13)14,11(15)16)9-6-4-3-5-7-9;;;;/h3-7H,2,8H2,1H3,(H,13,14)(H,15,16);;;;/q;2*+1;2*-1. The minimum atomic E-state index is -1.82. The zero-order chi connectivity index (χ0) is 12.2. The Hall–Kier alpha value is -0.243.